The molecule has 15 nitrogen and oxygen atoms in total. The number of nitrogens with zero attached hydrogens (tertiary/aromatic N) is 3. The Labute approximate surface area is 506 Å². The van der Waals surface area contributed by atoms with Gasteiger partial charge in [-0.2, -0.15) is 13.2 Å². The van der Waals surface area contributed by atoms with Gasteiger partial charge in [-0.25, -0.2) is 9.36 Å². The van der Waals surface area contributed by atoms with Crippen LogP contribution >= 0.6 is 0 Å². The number of esters is 2. The normalized spacial score (nSPS) is 22.3. The Bertz CT molecular complexity index is 3160. The van der Waals surface area contributed by atoms with E-state index in [0.717, 1.165) is 56.4 Å². The number of methoxy groups -OCH3 is 2. The van der Waals surface area contributed by atoms with Crippen LogP contribution in [-0.4, -0.2) is 158 Å². The number of benzene rings is 4. The standard InChI is InChI=1S/C43H58N2O6Si.C22H32N2O4.C2HF3O/c1-10-43(48)28-31(29-50-52(42(5,6)7,32-19-13-11-14-20-32)33-21-15-12-16-22-33)27-36(39(46)49-9)38-35(25-26-44(8)30-43)34-23-17-18-24-37(34)45(38)40(47)51-41(2,3)4;1-4-22(27)12-15(13-25)11-18(21(26)28-3)20-17(9-10-24(2)14-22)16-7-5-6-8-19(16)23-20;3-2(4,5)1-6/h11-24,31,36,48H,10,25-30H2,1-9H3;5-8,15,18,23,25,27H,4,9-14H2,1-3H3;1H/t31-,36?,43+;15-,18?,22+;/m11./s1. The summed E-state index contributed by atoms with van der Waals surface area (Å²) in [6.07, 6.45) is -2.15. The number of likely N-dealkylation sites (N-methyl/N-ethyl adjacent to an activating group) is 2. The third-order valence-electron chi connectivity index (χ3n) is 16.8. The lowest BCUT2D eigenvalue weighted by atomic mass is 9.82. The number of rotatable bonds is 10. The molecular weight excluding hydrogens is 1120 g/mol. The molecule has 0 saturated heterocycles. The van der Waals surface area contributed by atoms with Gasteiger partial charge in [0.25, 0.3) is 8.32 Å². The monoisotopic (exact) mass is 1210 g/mol. The number of carbonyl (C=O) groups is 4. The maximum Gasteiger partial charge on any atom is 0.446 e. The molecule has 2 aliphatic heterocycles. The number of alkyl halides is 3. The number of halogens is 3. The third-order valence-corrected chi connectivity index (χ3v) is 21.8. The number of hydrogen-bond acceptors (Lipinski definition) is 13. The van der Waals surface area contributed by atoms with Gasteiger partial charge in [-0.15, -0.1) is 0 Å². The SMILES string of the molecule is CC[C@]1(O)C[C@H](CO)CC(C(=O)OC)c2[nH]c3ccccc3c2CCN(C)C1.CC[C@]1(O)C[C@H](CO[Si](c2ccccc2)(c2ccccc2)C(C)(C)C)CC(C(=O)OC)c2c(c3ccccc3n2C(=O)OC(C)(C)C)CCN(C)C1.O=CC(F)(F)F. The van der Waals surface area contributed by atoms with Gasteiger partial charge in [0.1, 0.15) is 5.60 Å². The van der Waals surface area contributed by atoms with Crippen LogP contribution in [0.5, 0.6) is 0 Å². The van der Waals surface area contributed by atoms with Crippen LogP contribution in [-0.2, 0) is 45.9 Å². The lowest BCUT2D eigenvalue weighted by Crippen LogP contribution is -2.67. The Kier molecular flexibility index (Phi) is 23.4. The van der Waals surface area contributed by atoms with E-state index >= 15 is 0 Å². The Morgan fingerprint density at radius 2 is 1.15 bits per heavy atom. The summed E-state index contributed by atoms with van der Waals surface area (Å²) in [5.74, 6) is -2.53. The van der Waals surface area contributed by atoms with Crippen molar-refractivity contribution in [1.29, 1.82) is 0 Å². The zero-order valence-corrected chi connectivity index (χ0v) is 53.3. The van der Waals surface area contributed by atoms with Gasteiger partial charge in [-0.05, 0) is 137 Å². The van der Waals surface area contributed by atoms with Crippen molar-refractivity contribution in [2.45, 2.75) is 147 Å². The zero-order valence-electron chi connectivity index (χ0n) is 52.3. The minimum absolute atomic E-state index is 0.0743. The molecule has 0 fully saturated rings. The highest BCUT2D eigenvalue weighted by Crippen LogP contribution is 2.43. The number of ether oxygens (including phenoxy) is 3. The number of β-amino-alcohol motifs (C(OH)–C–C–N with tert-alkyl or cyclic N) is 2. The maximum absolute atomic E-state index is 14.2. The van der Waals surface area contributed by atoms with Crippen LogP contribution in [0.25, 0.3) is 21.8 Å². The first kappa shape index (κ1) is 68.9. The van der Waals surface area contributed by atoms with E-state index in [9.17, 15) is 42.9 Å². The van der Waals surface area contributed by atoms with Crippen molar-refractivity contribution in [2.75, 3.05) is 67.7 Å². The number of fused-ring (bicyclic) bond motifs is 6. The van der Waals surface area contributed by atoms with E-state index in [4.69, 9.17) is 23.4 Å². The van der Waals surface area contributed by atoms with Crippen molar-refractivity contribution in [2.24, 2.45) is 11.8 Å². The van der Waals surface area contributed by atoms with E-state index in [2.05, 4.69) is 90.2 Å². The molecule has 0 bridgehead atoms. The summed E-state index contributed by atoms with van der Waals surface area (Å²) in [6.45, 7) is 18.9. The van der Waals surface area contributed by atoms with Gasteiger partial charge >= 0.3 is 24.2 Å². The first-order valence-electron chi connectivity index (χ1n) is 29.8. The molecule has 2 aromatic heterocycles. The van der Waals surface area contributed by atoms with Gasteiger partial charge in [-0.3, -0.25) is 14.4 Å². The fourth-order valence-electron chi connectivity index (χ4n) is 12.8. The van der Waals surface area contributed by atoms with Crippen molar-refractivity contribution in [3.05, 3.63) is 132 Å². The largest absolute Gasteiger partial charge is 0.469 e. The fourth-order valence-corrected chi connectivity index (χ4v) is 17.4. The fraction of sp³-hybridized carbons (Fsp3) is 0.522. The van der Waals surface area contributed by atoms with Gasteiger partial charge in [0.15, 0.2) is 0 Å². The summed E-state index contributed by atoms with van der Waals surface area (Å²) in [5, 5.41) is 37.5. The predicted molar refractivity (Wildman–Crippen MR) is 332 cm³/mol. The van der Waals surface area contributed by atoms with Crippen LogP contribution in [0.15, 0.2) is 109 Å². The van der Waals surface area contributed by atoms with E-state index in [-0.39, 0.29) is 29.5 Å². The number of H-pyrrole nitrogens is 1. The summed E-state index contributed by atoms with van der Waals surface area (Å²) in [7, 11) is 3.88. The molecule has 4 N–H and O–H groups in total. The number of aromatic nitrogens is 2. The zero-order chi connectivity index (χ0) is 63.4. The number of aliphatic hydroxyl groups is 3. The molecule has 8 rings (SSSR count). The molecule has 4 heterocycles. The van der Waals surface area contributed by atoms with Gasteiger partial charge in [0.05, 0.1) is 42.8 Å². The van der Waals surface area contributed by atoms with Crippen LogP contribution < -0.4 is 10.4 Å². The number of carbonyl (C=O) groups excluding carboxylic acids is 4. The van der Waals surface area contributed by atoms with E-state index in [1.807, 2.05) is 103 Å². The number of para-hydroxylation sites is 2. The Hall–Kier alpha value is -6.19. The average Bonchev–Trinajstić information content (AvgIpc) is 1.32. The van der Waals surface area contributed by atoms with Crippen molar-refractivity contribution >= 4 is 64.8 Å². The molecule has 2 aliphatic rings. The van der Waals surface area contributed by atoms with Gasteiger partial charge in [0, 0.05) is 67.1 Å². The highest BCUT2D eigenvalue weighted by Gasteiger charge is 2.51. The second kappa shape index (κ2) is 29.2. The Morgan fingerprint density at radius 1 is 0.686 bits per heavy atom. The quantitative estimate of drug-likeness (QED) is 0.0439. The third kappa shape index (κ3) is 16.9. The van der Waals surface area contributed by atoms with Gasteiger partial charge in [0.2, 0.25) is 6.29 Å². The average molecular weight is 1210 g/mol. The van der Waals surface area contributed by atoms with E-state index in [1.54, 1.807) is 4.57 Å². The molecule has 2 unspecified atom stereocenters. The van der Waals surface area contributed by atoms with Crippen LogP contribution in [0.4, 0.5) is 18.0 Å². The van der Waals surface area contributed by atoms with Crippen molar-refractivity contribution in [1.82, 2.24) is 19.4 Å². The summed E-state index contributed by atoms with van der Waals surface area (Å²) in [5.41, 5.74) is 2.53. The lowest BCUT2D eigenvalue weighted by molar-refractivity contribution is -0.156. The molecular formula is C67H91F3N4O11Si. The van der Waals surface area contributed by atoms with Crippen molar-refractivity contribution in [3.63, 3.8) is 0 Å². The predicted octanol–water partition coefficient (Wildman–Crippen LogP) is 10.5. The number of aldehydes is 1. The smallest absolute Gasteiger partial charge is 0.446 e. The van der Waals surface area contributed by atoms with Crippen LogP contribution in [0.3, 0.4) is 0 Å². The maximum atomic E-state index is 14.2. The first-order valence-corrected chi connectivity index (χ1v) is 31.7. The van der Waals surface area contributed by atoms with Crippen LogP contribution in [0, 0.1) is 11.8 Å². The molecule has 6 aromatic rings. The topological polar surface area (TPSA) is 193 Å². The first-order chi connectivity index (χ1) is 40.5. The Morgan fingerprint density at radius 3 is 1.64 bits per heavy atom. The second-order valence-corrected chi connectivity index (χ2v) is 29.8. The highest BCUT2D eigenvalue weighted by atomic mass is 28.4. The molecule has 86 heavy (non-hydrogen) atoms. The van der Waals surface area contributed by atoms with Gasteiger partial charge in [-0.1, -0.05) is 132 Å². The summed E-state index contributed by atoms with van der Waals surface area (Å²) < 4.78 is 57.0. The molecule has 470 valence electrons. The molecule has 4 aromatic carbocycles. The number of nitrogens with one attached hydrogen (secondary N) is 1. The highest BCUT2D eigenvalue weighted by molar-refractivity contribution is 6.99. The lowest BCUT2D eigenvalue weighted by Gasteiger charge is -2.44. The molecule has 0 aliphatic carbocycles. The van der Waals surface area contributed by atoms with Crippen LogP contribution in [0.2, 0.25) is 5.04 Å². The minimum Gasteiger partial charge on any atom is -0.469 e. The summed E-state index contributed by atoms with van der Waals surface area (Å²) in [4.78, 5) is 57.5. The number of aromatic amines is 1. The molecule has 0 radical (unpaired) electrons. The van der Waals surface area contributed by atoms with Crippen molar-refractivity contribution in [3.8, 4) is 0 Å². The Balaban J connectivity index is 0.000000289. The van der Waals surface area contributed by atoms with Gasteiger partial charge < -0.3 is 48.7 Å². The van der Waals surface area contributed by atoms with E-state index in [1.165, 1.54) is 14.2 Å². The number of hydrogen-bond donors (Lipinski definition) is 4. The van der Waals surface area contributed by atoms with Crippen molar-refractivity contribution < 1.29 is 66.3 Å². The van der Waals surface area contributed by atoms with Crippen LogP contribution in [0.1, 0.15) is 128 Å². The molecule has 0 saturated carbocycles. The second-order valence-electron chi connectivity index (χ2n) is 25.5. The van der Waals surface area contributed by atoms with E-state index in [0.29, 0.717) is 82.4 Å². The molecule has 6 atom stereocenters. The number of aliphatic hydroxyl groups excluding tert-OH is 1. The minimum atomic E-state index is -4.64. The summed E-state index contributed by atoms with van der Waals surface area (Å²) >= 11 is 0. The summed E-state index contributed by atoms with van der Waals surface area (Å²) in [6, 6.07) is 36.9. The van der Waals surface area contributed by atoms with E-state index < -0.39 is 61.5 Å². The molecule has 0 spiro atoms. The molecule has 19 heteroatoms. The molecule has 0 amide bonds.